The largest absolute Gasteiger partial charge is 0.378 e. The van der Waals surface area contributed by atoms with Crippen molar-refractivity contribution in [3.8, 4) is 0 Å². The lowest BCUT2D eigenvalue weighted by molar-refractivity contribution is 0.578. The first-order valence-electron chi connectivity index (χ1n) is 6.55. The van der Waals surface area contributed by atoms with Gasteiger partial charge in [0.15, 0.2) is 0 Å². The van der Waals surface area contributed by atoms with Gasteiger partial charge in [0.25, 0.3) is 0 Å². The molecule has 19 heavy (non-hydrogen) atoms. The van der Waals surface area contributed by atoms with Crippen LogP contribution in [0.3, 0.4) is 0 Å². The third-order valence-corrected chi connectivity index (χ3v) is 3.18. The highest BCUT2D eigenvalue weighted by atomic mass is 15.3. The third-order valence-electron chi connectivity index (χ3n) is 3.18. The number of aromatic amines is 1. The number of aromatic nitrogens is 4. The maximum atomic E-state index is 4.33. The summed E-state index contributed by atoms with van der Waals surface area (Å²) in [6.07, 6.45) is 4.77. The molecule has 0 amide bonds. The highest BCUT2D eigenvalue weighted by Crippen LogP contribution is 2.20. The zero-order chi connectivity index (χ0) is 13.1. The zero-order valence-electron chi connectivity index (χ0n) is 10.9. The first kappa shape index (κ1) is 11.8. The molecule has 5 nitrogen and oxygen atoms in total. The molecule has 0 aliphatic rings. The number of nitrogens with zero attached hydrogens (tertiary/aromatic N) is 3. The number of anilines is 1. The van der Waals surface area contributed by atoms with Gasteiger partial charge >= 0.3 is 0 Å². The number of aryl methyl sites for hydroxylation is 1. The van der Waals surface area contributed by atoms with Crippen LogP contribution >= 0.6 is 0 Å². The van der Waals surface area contributed by atoms with Crippen molar-refractivity contribution in [2.75, 3.05) is 5.32 Å². The molecule has 5 heteroatoms. The Morgan fingerprint density at radius 3 is 3.16 bits per heavy atom. The van der Waals surface area contributed by atoms with Crippen molar-refractivity contribution < 1.29 is 0 Å². The molecule has 0 radical (unpaired) electrons. The van der Waals surface area contributed by atoms with E-state index in [0.29, 0.717) is 0 Å². The normalized spacial score (nSPS) is 11.0. The summed E-state index contributed by atoms with van der Waals surface area (Å²) in [6, 6.07) is 8.19. The van der Waals surface area contributed by atoms with Crippen LogP contribution in [0.25, 0.3) is 10.9 Å². The predicted molar refractivity (Wildman–Crippen MR) is 75.9 cm³/mol. The lowest BCUT2D eigenvalue weighted by atomic mass is 10.2. The Kier molecular flexibility index (Phi) is 3.18. The van der Waals surface area contributed by atoms with Crippen molar-refractivity contribution in [2.45, 2.75) is 26.4 Å². The average molecular weight is 255 g/mol. The van der Waals surface area contributed by atoms with Crippen LogP contribution in [-0.2, 0) is 13.1 Å². The van der Waals surface area contributed by atoms with E-state index in [4.69, 9.17) is 0 Å². The minimum Gasteiger partial charge on any atom is -0.378 e. The van der Waals surface area contributed by atoms with Gasteiger partial charge in [-0.15, -0.1) is 0 Å². The maximum absolute atomic E-state index is 4.33. The van der Waals surface area contributed by atoms with Gasteiger partial charge in [-0.1, -0.05) is 19.1 Å². The molecule has 2 heterocycles. The molecule has 98 valence electrons. The van der Waals surface area contributed by atoms with Crippen LogP contribution in [0.15, 0.2) is 36.7 Å². The first-order valence-corrected chi connectivity index (χ1v) is 6.55. The Morgan fingerprint density at radius 1 is 1.32 bits per heavy atom. The molecule has 0 spiro atoms. The van der Waals surface area contributed by atoms with Crippen LogP contribution in [0.4, 0.5) is 5.69 Å². The minimum atomic E-state index is 0.762. The fourth-order valence-corrected chi connectivity index (χ4v) is 2.23. The fraction of sp³-hybridized carbons (Fsp3) is 0.286. The van der Waals surface area contributed by atoms with E-state index in [1.54, 1.807) is 0 Å². The molecule has 2 N–H and O–H groups in total. The summed E-state index contributed by atoms with van der Waals surface area (Å²) in [6.45, 7) is 3.88. The van der Waals surface area contributed by atoms with Gasteiger partial charge in [0.1, 0.15) is 0 Å². The second-order valence-electron chi connectivity index (χ2n) is 4.54. The predicted octanol–water partition coefficient (Wildman–Crippen LogP) is 2.78. The molecule has 2 aromatic heterocycles. The summed E-state index contributed by atoms with van der Waals surface area (Å²) in [5, 5.41) is 16.0. The highest BCUT2D eigenvalue weighted by molar-refractivity contribution is 5.89. The van der Waals surface area contributed by atoms with Crippen molar-refractivity contribution in [3.05, 3.63) is 42.4 Å². The number of para-hydroxylation sites is 1. The summed E-state index contributed by atoms with van der Waals surface area (Å²) >= 11 is 0. The second-order valence-corrected chi connectivity index (χ2v) is 4.54. The number of hydrogen-bond donors (Lipinski definition) is 2. The van der Waals surface area contributed by atoms with Gasteiger partial charge in [-0.05, 0) is 18.6 Å². The van der Waals surface area contributed by atoms with E-state index in [-0.39, 0.29) is 0 Å². The number of rotatable bonds is 5. The molecule has 3 aromatic rings. The molecule has 0 saturated carbocycles. The van der Waals surface area contributed by atoms with Crippen LogP contribution in [0.2, 0.25) is 0 Å². The number of H-pyrrole nitrogens is 1. The summed E-state index contributed by atoms with van der Waals surface area (Å²) < 4.78 is 2.04. The summed E-state index contributed by atoms with van der Waals surface area (Å²) in [5.41, 5.74) is 3.31. The molecule has 0 aliphatic heterocycles. The first-order chi connectivity index (χ1) is 9.38. The summed E-state index contributed by atoms with van der Waals surface area (Å²) in [5.74, 6) is 0. The minimum absolute atomic E-state index is 0.762. The van der Waals surface area contributed by atoms with Crippen LogP contribution in [0.5, 0.6) is 0 Å². The van der Waals surface area contributed by atoms with E-state index in [1.165, 1.54) is 5.69 Å². The Hall–Kier alpha value is -2.30. The standard InChI is InChI=1S/C14H17N5/c1-2-8-19-12(6-7-17-19)10-15-13-5-3-4-11-9-16-18-14(11)13/h3-7,9,15H,2,8,10H2,1H3,(H,16,18). The molecule has 3 rings (SSSR count). The SMILES string of the molecule is CCCn1nccc1CNc1cccc2cn[nH]c12. The van der Waals surface area contributed by atoms with Crippen molar-refractivity contribution in [1.29, 1.82) is 0 Å². The van der Waals surface area contributed by atoms with Gasteiger partial charge in [0, 0.05) is 18.1 Å². The lowest BCUT2D eigenvalue weighted by Crippen LogP contribution is -2.09. The van der Waals surface area contributed by atoms with Crippen molar-refractivity contribution in [1.82, 2.24) is 20.0 Å². The number of hydrogen-bond acceptors (Lipinski definition) is 3. The molecule has 1 aromatic carbocycles. The van der Waals surface area contributed by atoms with Gasteiger partial charge in [-0.2, -0.15) is 10.2 Å². The van der Waals surface area contributed by atoms with Crippen LogP contribution in [0.1, 0.15) is 19.0 Å². The number of benzene rings is 1. The quantitative estimate of drug-likeness (QED) is 0.737. The Bertz CT molecular complexity index is 667. The zero-order valence-corrected chi connectivity index (χ0v) is 10.9. The molecule has 0 unspecified atom stereocenters. The van der Waals surface area contributed by atoms with E-state index < -0.39 is 0 Å². The van der Waals surface area contributed by atoms with Crippen molar-refractivity contribution in [2.24, 2.45) is 0 Å². The smallest absolute Gasteiger partial charge is 0.0881 e. The van der Waals surface area contributed by atoms with Gasteiger partial charge in [0.2, 0.25) is 0 Å². The van der Waals surface area contributed by atoms with Gasteiger partial charge in [-0.3, -0.25) is 9.78 Å². The summed E-state index contributed by atoms with van der Waals surface area (Å²) in [7, 11) is 0. The van der Waals surface area contributed by atoms with Crippen molar-refractivity contribution in [3.63, 3.8) is 0 Å². The number of fused-ring (bicyclic) bond motifs is 1. The molecule has 0 aliphatic carbocycles. The fourth-order valence-electron chi connectivity index (χ4n) is 2.23. The Balaban J connectivity index is 1.78. The van der Waals surface area contributed by atoms with Crippen molar-refractivity contribution >= 4 is 16.6 Å². The third kappa shape index (κ3) is 2.31. The van der Waals surface area contributed by atoms with E-state index in [1.807, 2.05) is 29.2 Å². The number of nitrogens with one attached hydrogen (secondary N) is 2. The van der Waals surface area contributed by atoms with E-state index in [0.717, 1.165) is 36.1 Å². The highest BCUT2D eigenvalue weighted by Gasteiger charge is 2.04. The van der Waals surface area contributed by atoms with E-state index >= 15 is 0 Å². The Labute approximate surface area is 111 Å². The van der Waals surface area contributed by atoms with Gasteiger partial charge in [0.05, 0.1) is 29.6 Å². The van der Waals surface area contributed by atoms with Crippen LogP contribution in [-0.4, -0.2) is 20.0 Å². The topological polar surface area (TPSA) is 58.5 Å². The maximum Gasteiger partial charge on any atom is 0.0881 e. The van der Waals surface area contributed by atoms with Crippen LogP contribution < -0.4 is 5.32 Å². The molecule has 0 bridgehead atoms. The van der Waals surface area contributed by atoms with Gasteiger partial charge in [-0.25, -0.2) is 0 Å². The molecular weight excluding hydrogens is 238 g/mol. The van der Waals surface area contributed by atoms with Gasteiger partial charge < -0.3 is 5.32 Å². The second kappa shape index (κ2) is 5.14. The Morgan fingerprint density at radius 2 is 2.26 bits per heavy atom. The summed E-state index contributed by atoms with van der Waals surface area (Å²) in [4.78, 5) is 0. The lowest BCUT2D eigenvalue weighted by Gasteiger charge is -2.09. The molecular formula is C14H17N5. The van der Waals surface area contributed by atoms with E-state index in [9.17, 15) is 0 Å². The monoisotopic (exact) mass is 255 g/mol. The van der Waals surface area contributed by atoms with E-state index in [2.05, 4.69) is 39.7 Å². The average Bonchev–Trinajstić information content (AvgIpc) is 3.05. The molecule has 0 atom stereocenters. The van der Waals surface area contributed by atoms with Crippen LogP contribution in [0, 0.1) is 0 Å². The molecule has 0 saturated heterocycles. The molecule has 0 fully saturated rings.